The van der Waals surface area contributed by atoms with Crippen LogP contribution in [-0.2, 0) is 11.2 Å². The summed E-state index contributed by atoms with van der Waals surface area (Å²) >= 11 is 10.7. The fourth-order valence-electron chi connectivity index (χ4n) is 2.04. The molecule has 20 heavy (non-hydrogen) atoms. The van der Waals surface area contributed by atoms with E-state index in [2.05, 4.69) is 32.3 Å². The number of amides is 1. The topological polar surface area (TPSA) is 42.0 Å². The average molecular weight is 370 g/mol. The molecule has 102 valence electrons. The highest BCUT2D eigenvalue weighted by Crippen LogP contribution is 2.37. The van der Waals surface area contributed by atoms with Gasteiger partial charge >= 0.3 is 0 Å². The molecular formula is C14H10BrClN2OS. The van der Waals surface area contributed by atoms with Crippen LogP contribution in [0, 0.1) is 0 Å². The van der Waals surface area contributed by atoms with Gasteiger partial charge in [-0.15, -0.1) is 11.8 Å². The Kier molecular flexibility index (Phi) is 4.01. The van der Waals surface area contributed by atoms with E-state index in [1.54, 1.807) is 24.0 Å². The zero-order valence-electron chi connectivity index (χ0n) is 10.3. The van der Waals surface area contributed by atoms with Crippen molar-refractivity contribution in [3.63, 3.8) is 0 Å². The lowest BCUT2D eigenvalue weighted by Gasteiger charge is -2.10. The summed E-state index contributed by atoms with van der Waals surface area (Å²) in [5.74, 6) is -0.0118. The van der Waals surface area contributed by atoms with E-state index >= 15 is 0 Å². The lowest BCUT2D eigenvalue weighted by molar-refractivity contribution is -0.115. The fourth-order valence-corrected chi connectivity index (χ4v) is 3.69. The molecule has 0 aliphatic carbocycles. The smallest absolute Gasteiger partial charge is 0.238 e. The SMILES string of the molecule is O=C(Nc1cnc(Cl)c(Br)c1)C1Cc2ccccc2S1. The Morgan fingerprint density at radius 3 is 3.00 bits per heavy atom. The highest BCUT2D eigenvalue weighted by atomic mass is 79.9. The van der Waals surface area contributed by atoms with Crippen LogP contribution in [0.5, 0.6) is 0 Å². The number of hydrogen-bond acceptors (Lipinski definition) is 3. The maximum absolute atomic E-state index is 12.3. The minimum atomic E-state index is -0.0955. The molecule has 0 spiro atoms. The summed E-state index contributed by atoms with van der Waals surface area (Å²) in [5.41, 5.74) is 1.87. The van der Waals surface area contributed by atoms with Gasteiger partial charge in [0.25, 0.3) is 0 Å². The molecule has 1 aromatic heterocycles. The van der Waals surface area contributed by atoms with Gasteiger partial charge < -0.3 is 5.32 Å². The third kappa shape index (κ3) is 2.85. The number of aromatic nitrogens is 1. The molecule has 3 rings (SSSR count). The first-order valence-electron chi connectivity index (χ1n) is 6.00. The van der Waals surface area contributed by atoms with Crippen LogP contribution < -0.4 is 5.32 Å². The molecule has 1 atom stereocenters. The molecule has 2 heterocycles. The number of rotatable bonds is 2. The Morgan fingerprint density at radius 1 is 1.45 bits per heavy atom. The first kappa shape index (κ1) is 13.9. The van der Waals surface area contributed by atoms with Crippen molar-refractivity contribution in [2.45, 2.75) is 16.6 Å². The second-order valence-electron chi connectivity index (χ2n) is 4.40. The number of nitrogens with zero attached hydrogens (tertiary/aromatic N) is 1. The highest BCUT2D eigenvalue weighted by molar-refractivity contribution is 9.10. The number of carbonyl (C=O) groups is 1. The summed E-state index contributed by atoms with van der Waals surface area (Å²) in [6.45, 7) is 0. The summed E-state index contributed by atoms with van der Waals surface area (Å²) < 4.78 is 0.666. The summed E-state index contributed by atoms with van der Waals surface area (Å²) in [6, 6.07) is 9.86. The Morgan fingerprint density at radius 2 is 2.25 bits per heavy atom. The van der Waals surface area contributed by atoms with Crippen LogP contribution in [0.25, 0.3) is 0 Å². The molecule has 1 aliphatic rings. The van der Waals surface area contributed by atoms with Crippen LogP contribution in [0.1, 0.15) is 5.56 Å². The van der Waals surface area contributed by atoms with E-state index < -0.39 is 0 Å². The standard InChI is InChI=1S/C14H10BrClN2OS/c15-10-6-9(7-17-13(10)16)18-14(19)12-5-8-3-1-2-4-11(8)20-12/h1-4,6-7,12H,5H2,(H,18,19). The van der Waals surface area contributed by atoms with Gasteiger partial charge in [-0.25, -0.2) is 4.98 Å². The monoisotopic (exact) mass is 368 g/mol. The van der Waals surface area contributed by atoms with Crippen LogP contribution in [0.2, 0.25) is 5.15 Å². The molecule has 6 heteroatoms. The van der Waals surface area contributed by atoms with Crippen molar-refractivity contribution in [2.75, 3.05) is 5.32 Å². The molecule has 0 fully saturated rings. The van der Waals surface area contributed by atoms with Gasteiger partial charge in [-0.05, 0) is 40.0 Å². The quantitative estimate of drug-likeness (QED) is 0.809. The first-order valence-corrected chi connectivity index (χ1v) is 8.05. The number of fused-ring (bicyclic) bond motifs is 1. The number of halogens is 2. The summed E-state index contributed by atoms with van der Waals surface area (Å²) in [6.07, 6.45) is 2.31. The Balaban J connectivity index is 1.71. The Labute approximate surface area is 134 Å². The molecule has 1 unspecified atom stereocenters. The maximum Gasteiger partial charge on any atom is 0.238 e. The van der Waals surface area contributed by atoms with Crippen molar-refractivity contribution >= 4 is 50.9 Å². The van der Waals surface area contributed by atoms with Crippen LogP contribution in [-0.4, -0.2) is 16.1 Å². The Hall–Kier alpha value is -1.04. The predicted octanol–water partition coefficient (Wildman–Crippen LogP) is 4.15. The summed E-state index contributed by atoms with van der Waals surface area (Å²) in [7, 11) is 0. The normalized spacial score (nSPS) is 16.8. The largest absolute Gasteiger partial charge is 0.324 e. The second kappa shape index (κ2) is 5.76. The zero-order valence-corrected chi connectivity index (χ0v) is 13.4. The zero-order chi connectivity index (χ0) is 14.1. The van der Waals surface area contributed by atoms with Gasteiger partial charge in [0.2, 0.25) is 5.91 Å². The molecule has 1 aliphatic heterocycles. The van der Waals surface area contributed by atoms with E-state index in [9.17, 15) is 4.79 Å². The van der Waals surface area contributed by atoms with Crippen molar-refractivity contribution in [3.8, 4) is 0 Å². The van der Waals surface area contributed by atoms with E-state index in [0.29, 0.717) is 15.3 Å². The first-order chi connectivity index (χ1) is 9.63. The number of nitrogens with one attached hydrogen (secondary N) is 1. The molecular weight excluding hydrogens is 360 g/mol. The van der Waals surface area contributed by atoms with E-state index in [4.69, 9.17) is 11.6 Å². The van der Waals surface area contributed by atoms with Gasteiger partial charge in [0.05, 0.1) is 21.6 Å². The molecule has 0 saturated heterocycles. The molecule has 0 radical (unpaired) electrons. The number of anilines is 1. The molecule has 1 N–H and O–H groups in total. The third-order valence-electron chi connectivity index (χ3n) is 3.00. The molecule has 1 aromatic carbocycles. The van der Waals surface area contributed by atoms with Crippen molar-refractivity contribution < 1.29 is 4.79 Å². The molecule has 1 amide bonds. The van der Waals surface area contributed by atoms with Gasteiger partial charge in [0, 0.05) is 4.90 Å². The van der Waals surface area contributed by atoms with E-state index in [1.807, 2.05) is 18.2 Å². The van der Waals surface area contributed by atoms with Crippen molar-refractivity contribution in [1.29, 1.82) is 0 Å². The van der Waals surface area contributed by atoms with Gasteiger partial charge in [-0.1, -0.05) is 29.8 Å². The number of benzene rings is 1. The van der Waals surface area contributed by atoms with Gasteiger partial charge in [0.15, 0.2) is 0 Å². The summed E-state index contributed by atoms with van der Waals surface area (Å²) in [4.78, 5) is 17.4. The van der Waals surface area contributed by atoms with E-state index in [0.717, 1.165) is 6.42 Å². The summed E-state index contributed by atoms with van der Waals surface area (Å²) in [5, 5.41) is 3.16. The number of pyridine rings is 1. The van der Waals surface area contributed by atoms with E-state index in [1.165, 1.54) is 10.5 Å². The number of hydrogen-bond donors (Lipinski definition) is 1. The van der Waals surface area contributed by atoms with Gasteiger partial charge in [-0.3, -0.25) is 4.79 Å². The third-order valence-corrected chi connectivity index (χ3v) is 5.45. The van der Waals surface area contributed by atoms with Crippen LogP contribution in [0.3, 0.4) is 0 Å². The van der Waals surface area contributed by atoms with Crippen molar-refractivity contribution in [3.05, 3.63) is 51.7 Å². The molecule has 0 saturated carbocycles. The average Bonchev–Trinajstić information content (AvgIpc) is 2.87. The maximum atomic E-state index is 12.3. The van der Waals surface area contributed by atoms with Crippen LogP contribution in [0.15, 0.2) is 45.9 Å². The van der Waals surface area contributed by atoms with Gasteiger partial charge in [-0.2, -0.15) is 0 Å². The highest BCUT2D eigenvalue weighted by Gasteiger charge is 2.28. The number of thioether (sulfide) groups is 1. The fraction of sp³-hybridized carbons (Fsp3) is 0.143. The van der Waals surface area contributed by atoms with Crippen molar-refractivity contribution in [2.24, 2.45) is 0 Å². The number of carbonyl (C=O) groups excluding carboxylic acids is 1. The van der Waals surface area contributed by atoms with Gasteiger partial charge in [0.1, 0.15) is 5.15 Å². The van der Waals surface area contributed by atoms with Crippen LogP contribution in [0.4, 0.5) is 5.69 Å². The predicted molar refractivity (Wildman–Crippen MR) is 85.4 cm³/mol. The molecule has 0 bridgehead atoms. The van der Waals surface area contributed by atoms with E-state index in [-0.39, 0.29) is 11.2 Å². The van der Waals surface area contributed by atoms with Crippen molar-refractivity contribution in [1.82, 2.24) is 4.98 Å². The van der Waals surface area contributed by atoms with Crippen LogP contribution >= 0.6 is 39.3 Å². The lowest BCUT2D eigenvalue weighted by Crippen LogP contribution is -2.24. The molecule has 3 nitrogen and oxygen atoms in total. The Bertz CT molecular complexity index is 655. The minimum Gasteiger partial charge on any atom is -0.324 e. The second-order valence-corrected chi connectivity index (χ2v) is 6.86. The molecule has 2 aromatic rings. The minimum absolute atomic E-state index is 0.0118. The lowest BCUT2D eigenvalue weighted by atomic mass is 10.1.